The predicted octanol–water partition coefficient (Wildman–Crippen LogP) is -6.67. The van der Waals surface area contributed by atoms with Crippen molar-refractivity contribution in [2.75, 3.05) is 0 Å². The van der Waals surface area contributed by atoms with Crippen LogP contribution < -0.4 is 29.4 Å². The summed E-state index contributed by atoms with van der Waals surface area (Å²) in [5.74, 6) is 0. The van der Waals surface area contributed by atoms with Gasteiger partial charge in [0.2, 0.25) is 0 Å². The Hall–Kier alpha value is 4.15. The van der Waals surface area contributed by atoms with Crippen LogP contribution in [0.4, 0.5) is 0 Å². The van der Waals surface area contributed by atoms with Crippen molar-refractivity contribution in [1.82, 2.24) is 0 Å². The molecular weight excluding hydrogens is 389 g/mol. The monoisotopic (exact) mass is 390 g/mol. The first-order chi connectivity index (χ1) is 5.71. The van der Waals surface area contributed by atoms with Gasteiger partial charge >= 0.3 is 113 Å². The molecule has 0 aliphatic heterocycles. The van der Waals surface area contributed by atoms with Crippen LogP contribution in [0.5, 0.6) is 0 Å². The molecule has 0 aromatic heterocycles. The molecule has 0 aliphatic carbocycles. The third-order valence-corrected chi connectivity index (χ3v) is 1.83. The normalized spacial score (nSPS) is 13.6. The zero-order chi connectivity index (χ0) is 12.2. The summed E-state index contributed by atoms with van der Waals surface area (Å²) in [6.07, 6.45) is 0. The van der Waals surface area contributed by atoms with E-state index < -0.39 is 23.5 Å². The van der Waals surface area contributed by atoms with Crippen molar-refractivity contribution in [1.29, 1.82) is 0 Å². The second kappa shape index (κ2) is 13.8. The summed E-state index contributed by atoms with van der Waals surface area (Å²) >= 11 is 0. The van der Waals surface area contributed by atoms with Crippen LogP contribution in [0.3, 0.4) is 0 Å². The first-order valence-electron chi connectivity index (χ1n) is 2.21. The first-order valence-corrected chi connectivity index (χ1v) is 6.62. The summed E-state index contributed by atoms with van der Waals surface area (Å²) < 4.78 is 30.0. The van der Waals surface area contributed by atoms with Gasteiger partial charge in [-0.1, -0.05) is 0 Å². The molecule has 0 aromatic carbocycles. The topological polar surface area (TPSA) is 219 Å². The fourth-order valence-corrected chi connectivity index (χ4v) is 1.14. The average Bonchev–Trinajstić information content (AvgIpc) is 1.42. The van der Waals surface area contributed by atoms with E-state index in [-0.39, 0.29) is 113 Å². The van der Waals surface area contributed by atoms with Gasteiger partial charge in [-0.3, -0.25) is 8.88 Å². The van der Waals surface area contributed by atoms with Crippen LogP contribution >= 0.6 is 23.5 Å². The number of hydrogen-bond donors (Lipinski definition) is 1. The molecule has 17 heavy (non-hydrogen) atoms. The molecule has 0 aliphatic rings. The fraction of sp³-hybridized carbons (Fsp3) is 0. The molecule has 11 nitrogen and oxygen atoms in total. The maximum Gasteiger partial charge on any atom is 2.00 e. The molecule has 0 spiro atoms. The van der Waals surface area contributed by atoms with Crippen LogP contribution in [-0.4, -0.2) is 118 Å². The summed E-state index contributed by atoms with van der Waals surface area (Å²) in [5.41, 5.74) is 0. The largest absolute Gasteiger partial charge is 2.00 e. The molecule has 1 atom stereocenters. The van der Waals surface area contributed by atoms with Gasteiger partial charge in [-0.15, -0.1) is 0 Å². The Morgan fingerprint density at radius 1 is 0.765 bits per heavy atom. The van der Waals surface area contributed by atoms with Crippen molar-refractivity contribution in [3.8, 4) is 0 Å². The minimum absolute atomic E-state index is 0. The van der Waals surface area contributed by atoms with Crippen LogP contribution in [-0.2, 0) is 18.0 Å². The number of hydrogen-bond acceptors (Lipinski definition) is 10. The summed E-state index contributed by atoms with van der Waals surface area (Å²) in [5, 5.41) is 0. The van der Waals surface area contributed by atoms with Gasteiger partial charge in [0.15, 0.2) is 0 Å². The van der Waals surface area contributed by atoms with Crippen LogP contribution in [0.2, 0.25) is 0 Å². The molecule has 1 unspecified atom stereocenters. The molecule has 0 amide bonds. The van der Waals surface area contributed by atoms with Crippen LogP contribution in [0, 0.1) is 0 Å². The summed E-state index contributed by atoms with van der Waals surface area (Å²) in [6.45, 7) is 0. The Labute approximate surface area is 185 Å². The molecule has 0 radical (unpaired) electrons. The average molecular weight is 390 g/mol. The van der Waals surface area contributed by atoms with Crippen molar-refractivity contribution in [3.05, 3.63) is 0 Å². The minimum atomic E-state index is -5.61. The number of rotatable bonds is 2. The Balaban J connectivity index is -0.0000000533. The second-order valence-electron chi connectivity index (χ2n) is 1.44. The maximum absolute atomic E-state index is 9.44. The van der Waals surface area contributed by atoms with E-state index in [1.165, 1.54) is 0 Å². The van der Waals surface area contributed by atoms with Gasteiger partial charge in [0.05, 0.1) is 7.82 Å². The molecule has 0 bridgehead atoms. The van der Waals surface area contributed by atoms with Crippen LogP contribution in [0.25, 0.3) is 0 Å². The van der Waals surface area contributed by atoms with Gasteiger partial charge in [-0.25, -0.2) is 0 Å². The maximum atomic E-state index is 9.44. The van der Waals surface area contributed by atoms with E-state index in [1.807, 2.05) is 0 Å². The van der Waals surface area contributed by atoms with E-state index in [1.54, 1.807) is 0 Å². The zero-order valence-corrected chi connectivity index (χ0v) is 17.3. The standard InChI is InChI=1S/3Ca.H4O7P2.H3O4P/c;;;1-8(2,3)7-9(4,5)6;1-5(2,3)4/h;;;(H2,1,2,3)(H2,4,5,6);(H3,1,2,3,4)/q3*+2;;/p-6. The summed E-state index contributed by atoms with van der Waals surface area (Å²) in [6, 6.07) is 0. The molecule has 0 saturated carbocycles. The molecule has 0 aromatic rings. The first kappa shape index (κ1) is 32.9. The van der Waals surface area contributed by atoms with E-state index in [9.17, 15) is 23.8 Å². The van der Waals surface area contributed by atoms with Gasteiger partial charge in [0.1, 0.15) is 0 Å². The van der Waals surface area contributed by atoms with E-state index in [2.05, 4.69) is 4.31 Å². The van der Waals surface area contributed by atoms with Gasteiger partial charge in [0.25, 0.3) is 7.82 Å². The molecular formula is HCa3O11P3. The molecule has 88 valence electrons. The van der Waals surface area contributed by atoms with Gasteiger partial charge in [-0.2, -0.15) is 7.82 Å². The smallest absolute Gasteiger partial charge is 0.822 e. The second-order valence-corrected chi connectivity index (χ2v) is 4.82. The quantitative estimate of drug-likeness (QED) is 0.345. The third kappa shape index (κ3) is 64.4. The van der Waals surface area contributed by atoms with Crippen LogP contribution in [0.15, 0.2) is 0 Å². The van der Waals surface area contributed by atoms with Crippen molar-refractivity contribution >= 4 is 137 Å². The van der Waals surface area contributed by atoms with Crippen LogP contribution in [0.1, 0.15) is 0 Å². The summed E-state index contributed by atoms with van der Waals surface area (Å²) in [4.78, 5) is 61.4. The van der Waals surface area contributed by atoms with Gasteiger partial charge in [-0.05, 0) is 0 Å². The molecule has 17 heteroatoms. The number of phosphoric acid groups is 3. The molecule has 0 heterocycles. The minimum Gasteiger partial charge on any atom is -0.822 e. The van der Waals surface area contributed by atoms with Crippen molar-refractivity contribution in [2.45, 2.75) is 0 Å². The Bertz CT molecular complexity index is 265. The van der Waals surface area contributed by atoms with Crippen molar-refractivity contribution in [3.63, 3.8) is 0 Å². The molecule has 0 fully saturated rings. The molecule has 1 N–H and O–H groups in total. The van der Waals surface area contributed by atoms with E-state index >= 15 is 0 Å². The fourth-order valence-electron chi connectivity index (χ4n) is 0.126. The SMILES string of the molecule is O=P([O-])([O-])OP(=O)([O-])O.O=P([O-])([O-])[O-].[Ca+2].[Ca+2].[Ca+2]. The summed E-state index contributed by atoms with van der Waals surface area (Å²) in [7, 11) is -16.4. The third-order valence-electron chi connectivity index (χ3n) is 0.203. The predicted molar refractivity (Wildman–Crippen MR) is 43.4 cm³/mol. The van der Waals surface area contributed by atoms with Crippen molar-refractivity contribution in [2.24, 2.45) is 0 Å². The van der Waals surface area contributed by atoms with E-state index in [0.29, 0.717) is 0 Å². The Kier molecular flexibility index (Phi) is 26.7. The van der Waals surface area contributed by atoms with Gasteiger partial charge in [0, 0.05) is 0 Å². The van der Waals surface area contributed by atoms with Crippen molar-refractivity contribution < 1.29 is 52.3 Å². The zero-order valence-electron chi connectivity index (χ0n) is 7.99. The Morgan fingerprint density at radius 3 is 0.941 bits per heavy atom. The Morgan fingerprint density at radius 2 is 0.941 bits per heavy atom. The van der Waals surface area contributed by atoms with Gasteiger partial charge < -0.3 is 43.4 Å². The van der Waals surface area contributed by atoms with E-state index in [0.717, 1.165) is 0 Å². The molecule has 0 rings (SSSR count). The molecule has 0 saturated heterocycles. The van der Waals surface area contributed by atoms with E-state index in [4.69, 9.17) is 24.1 Å².